The van der Waals surface area contributed by atoms with Crippen molar-refractivity contribution in [2.45, 2.75) is 63.8 Å². The second kappa shape index (κ2) is 7.16. The molecule has 0 spiro atoms. The maximum Gasteiger partial charge on any atom is 0.291 e. The lowest BCUT2D eigenvalue weighted by molar-refractivity contribution is 0.0923. The van der Waals surface area contributed by atoms with Gasteiger partial charge in [-0.05, 0) is 68.0 Å². The van der Waals surface area contributed by atoms with E-state index in [1.54, 1.807) is 4.68 Å². The number of nitrogens with zero attached hydrogens (tertiary/aromatic N) is 5. The summed E-state index contributed by atoms with van der Waals surface area (Å²) < 4.78 is 7.46. The molecule has 2 aromatic heterocycles. The van der Waals surface area contributed by atoms with E-state index in [0.29, 0.717) is 16.9 Å². The average molecular weight is 400 g/mol. The van der Waals surface area contributed by atoms with Crippen molar-refractivity contribution < 1.29 is 4.52 Å². The van der Waals surface area contributed by atoms with E-state index in [1.807, 2.05) is 18.2 Å². The predicted octanol–water partition coefficient (Wildman–Crippen LogP) is 4.92. The van der Waals surface area contributed by atoms with E-state index in [-0.39, 0.29) is 5.92 Å². The smallest absolute Gasteiger partial charge is 0.291 e. The normalized spacial score (nSPS) is 19.6. The van der Waals surface area contributed by atoms with E-state index in [0.717, 1.165) is 54.5 Å². The van der Waals surface area contributed by atoms with E-state index in [4.69, 9.17) is 26.2 Å². The van der Waals surface area contributed by atoms with Gasteiger partial charge in [0, 0.05) is 22.4 Å². The summed E-state index contributed by atoms with van der Waals surface area (Å²) in [6, 6.07) is 6.64. The Balaban J connectivity index is 1.40. The van der Waals surface area contributed by atoms with Gasteiger partial charge in [-0.1, -0.05) is 31.9 Å². The third kappa shape index (κ3) is 3.12. The Morgan fingerprint density at radius 2 is 1.93 bits per heavy atom. The molecule has 7 heteroatoms. The van der Waals surface area contributed by atoms with Crippen LogP contribution in [0.25, 0.3) is 16.9 Å². The fraction of sp³-hybridized carbons (Fsp3) is 0.571. The Hall–Kier alpha value is -1.92. The summed E-state index contributed by atoms with van der Waals surface area (Å²) in [5.41, 5.74) is 1.96. The van der Waals surface area contributed by atoms with Crippen molar-refractivity contribution in [2.24, 2.45) is 0 Å². The number of hydrogen-bond donors (Lipinski definition) is 0. The molecule has 1 aromatic carbocycles. The third-order valence-corrected chi connectivity index (χ3v) is 6.54. The molecule has 0 unspecified atom stereocenters. The van der Waals surface area contributed by atoms with Crippen molar-refractivity contribution in [3.8, 4) is 5.95 Å². The minimum absolute atomic E-state index is 0.282. The first-order valence-corrected chi connectivity index (χ1v) is 10.7. The minimum Gasteiger partial charge on any atom is -0.337 e. The van der Waals surface area contributed by atoms with Crippen LogP contribution in [0.3, 0.4) is 0 Å². The first kappa shape index (κ1) is 18.1. The number of hydrogen-bond acceptors (Lipinski definition) is 5. The number of likely N-dealkylation sites (tertiary alicyclic amines) is 1. The van der Waals surface area contributed by atoms with Gasteiger partial charge in [0.05, 0.1) is 11.2 Å². The van der Waals surface area contributed by atoms with Crippen LogP contribution in [0.1, 0.15) is 69.4 Å². The van der Waals surface area contributed by atoms with Gasteiger partial charge in [0.15, 0.2) is 0 Å². The van der Waals surface area contributed by atoms with E-state index in [1.165, 1.54) is 19.3 Å². The van der Waals surface area contributed by atoms with E-state index >= 15 is 0 Å². The highest BCUT2D eigenvalue weighted by Gasteiger charge is 2.31. The molecule has 1 aliphatic heterocycles. The molecule has 28 heavy (non-hydrogen) atoms. The molecular formula is C21H26ClN5O. The van der Waals surface area contributed by atoms with Gasteiger partial charge in [0.1, 0.15) is 0 Å². The van der Waals surface area contributed by atoms with Gasteiger partial charge in [0.2, 0.25) is 5.89 Å². The third-order valence-electron chi connectivity index (χ3n) is 6.31. The highest BCUT2D eigenvalue weighted by Crippen LogP contribution is 2.33. The molecule has 3 aromatic rings. The summed E-state index contributed by atoms with van der Waals surface area (Å²) >= 11 is 6.21. The van der Waals surface area contributed by atoms with Gasteiger partial charge in [0.25, 0.3) is 5.95 Å². The highest BCUT2D eigenvalue weighted by molar-refractivity contribution is 6.31. The monoisotopic (exact) mass is 399 g/mol. The van der Waals surface area contributed by atoms with Gasteiger partial charge in [-0.3, -0.25) is 0 Å². The van der Waals surface area contributed by atoms with Crippen LogP contribution in [-0.2, 0) is 0 Å². The first-order valence-electron chi connectivity index (χ1n) is 10.4. The number of aromatic nitrogens is 4. The molecule has 0 amide bonds. The van der Waals surface area contributed by atoms with Gasteiger partial charge in [-0.25, -0.2) is 0 Å². The Kier molecular flexibility index (Phi) is 4.63. The Morgan fingerprint density at radius 1 is 1.14 bits per heavy atom. The summed E-state index contributed by atoms with van der Waals surface area (Å²) in [6.07, 6.45) is 6.29. The zero-order valence-electron chi connectivity index (χ0n) is 16.4. The Labute approximate surface area is 169 Å². The zero-order chi connectivity index (χ0) is 19.3. The van der Waals surface area contributed by atoms with Crippen LogP contribution in [-0.4, -0.2) is 44.0 Å². The SMILES string of the molecule is CC(C)c1nn(-c2noc(C3CCN(C4CCC4)CC3)n2)c2ccc(Cl)cc12. The van der Waals surface area contributed by atoms with Crippen molar-refractivity contribution in [1.82, 2.24) is 24.8 Å². The molecule has 0 N–H and O–H groups in total. The number of rotatable bonds is 4. The summed E-state index contributed by atoms with van der Waals surface area (Å²) in [5.74, 6) is 1.88. The summed E-state index contributed by atoms with van der Waals surface area (Å²) in [6.45, 7) is 6.52. The fourth-order valence-electron chi connectivity index (χ4n) is 4.43. The van der Waals surface area contributed by atoms with E-state index in [2.05, 4.69) is 23.9 Å². The van der Waals surface area contributed by atoms with Crippen LogP contribution >= 0.6 is 11.6 Å². The molecule has 1 saturated heterocycles. The van der Waals surface area contributed by atoms with Crippen LogP contribution in [0.15, 0.2) is 22.7 Å². The van der Waals surface area contributed by atoms with Crippen molar-refractivity contribution in [3.05, 3.63) is 34.8 Å². The highest BCUT2D eigenvalue weighted by atomic mass is 35.5. The molecule has 2 aliphatic rings. The lowest BCUT2D eigenvalue weighted by Crippen LogP contribution is -2.44. The first-order chi connectivity index (χ1) is 13.6. The maximum absolute atomic E-state index is 6.21. The van der Waals surface area contributed by atoms with Crippen molar-refractivity contribution >= 4 is 22.5 Å². The summed E-state index contributed by atoms with van der Waals surface area (Å²) in [4.78, 5) is 7.36. The van der Waals surface area contributed by atoms with Gasteiger partial charge >= 0.3 is 0 Å². The average Bonchev–Trinajstić information content (AvgIpc) is 3.25. The van der Waals surface area contributed by atoms with Gasteiger partial charge < -0.3 is 9.42 Å². The largest absolute Gasteiger partial charge is 0.337 e. The molecule has 0 bridgehead atoms. The molecular weight excluding hydrogens is 374 g/mol. The lowest BCUT2D eigenvalue weighted by Gasteiger charge is -2.41. The fourth-order valence-corrected chi connectivity index (χ4v) is 4.61. The second-order valence-electron chi connectivity index (χ2n) is 8.44. The molecule has 3 heterocycles. The van der Waals surface area contributed by atoms with Gasteiger partial charge in [-0.15, -0.1) is 0 Å². The zero-order valence-corrected chi connectivity index (χ0v) is 17.2. The standard InChI is InChI=1S/C21H26ClN5O/c1-13(2)19-17-12-15(22)6-7-18(17)27(24-19)21-23-20(28-25-21)14-8-10-26(11-9-14)16-4-3-5-16/h6-7,12-14,16H,3-5,8-11H2,1-2H3. The van der Waals surface area contributed by atoms with Crippen LogP contribution in [0.5, 0.6) is 0 Å². The molecule has 0 radical (unpaired) electrons. The van der Waals surface area contributed by atoms with E-state index < -0.39 is 0 Å². The van der Waals surface area contributed by atoms with E-state index in [9.17, 15) is 0 Å². The minimum atomic E-state index is 0.282. The van der Waals surface area contributed by atoms with Crippen molar-refractivity contribution in [2.75, 3.05) is 13.1 Å². The molecule has 0 atom stereocenters. The predicted molar refractivity (Wildman–Crippen MR) is 109 cm³/mol. The molecule has 6 nitrogen and oxygen atoms in total. The number of fused-ring (bicyclic) bond motifs is 1. The topological polar surface area (TPSA) is 60.0 Å². The molecule has 148 valence electrons. The number of benzene rings is 1. The quantitative estimate of drug-likeness (QED) is 0.623. The van der Waals surface area contributed by atoms with Crippen LogP contribution < -0.4 is 0 Å². The summed E-state index contributed by atoms with van der Waals surface area (Å²) in [7, 11) is 0. The number of halogens is 1. The molecule has 5 rings (SSSR count). The molecule has 2 fully saturated rings. The van der Waals surface area contributed by atoms with Crippen LogP contribution in [0.4, 0.5) is 0 Å². The molecule has 1 saturated carbocycles. The number of piperidine rings is 1. The van der Waals surface area contributed by atoms with Crippen LogP contribution in [0.2, 0.25) is 5.02 Å². The van der Waals surface area contributed by atoms with Crippen molar-refractivity contribution in [3.63, 3.8) is 0 Å². The van der Waals surface area contributed by atoms with Gasteiger partial charge in [-0.2, -0.15) is 14.8 Å². The summed E-state index contributed by atoms with van der Waals surface area (Å²) in [5, 5.41) is 10.8. The van der Waals surface area contributed by atoms with Crippen molar-refractivity contribution in [1.29, 1.82) is 0 Å². The maximum atomic E-state index is 6.21. The Bertz CT molecular complexity index is 982. The Morgan fingerprint density at radius 3 is 2.61 bits per heavy atom. The lowest BCUT2D eigenvalue weighted by atomic mass is 9.88. The molecule has 1 aliphatic carbocycles. The van der Waals surface area contributed by atoms with Crippen LogP contribution in [0, 0.1) is 0 Å². The second-order valence-corrected chi connectivity index (χ2v) is 8.88.